The first-order valence-electron chi connectivity index (χ1n) is 5.60. The van der Waals surface area contributed by atoms with Gasteiger partial charge in [-0.2, -0.15) is 0 Å². The molecule has 0 aromatic carbocycles. The van der Waals surface area contributed by atoms with Gasteiger partial charge in [-0.05, 0) is 5.92 Å². The van der Waals surface area contributed by atoms with Gasteiger partial charge in [-0.25, -0.2) is 8.42 Å². The molecule has 0 spiro atoms. The summed E-state index contributed by atoms with van der Waals surface area (Å²) in [5.41, 5.74) is 0. The second-order valence-corrected chi connectivity index (χ2v) is 6.89. The first-order valence-corrected chi connectivity index (χ1v) is 7.42. The number of hydrogen-bond donors (Lipinski definition) is 1. The van der Waals surface area contributed by atoms with Crippen LogP contribution in [0.3, 0.4) is 0 Å². The fourth-order valence-electron chi connectivity index (χ4n) is 1.67. The van der Waals surface area contributed by atoms with Crippen LogP contribution in [-0.4, -0.2) is 50.0 Å². The van der Waals surface area contributed by atoms with Crippen molar-refractivity contribution in [3.63, 3.8) is 0 Å². The molecule has 0 saturated carbocycles. The standard InChI is InChI=1S/C10H20N2O3S/c1-4-16(14,15)6-5-12-7-11-9(8(2)3)10(12)13/h8-9,11H,4-7H2,1-3H3. The van der Waals surface area contributed by atoms with Crippen LogP contribution < -0.4 is 5.32 Å². The van der Waals surface area contributed by atoms with Crippen molar-refractivity contribution in [1.82, 2.24) is 10.2 Å². The lowest BCUT2D eigenvalue weighted by atomic mass is 10.1. The summed E-state index contributed by atoms with van der Waals surface area (Å²) >= 11 is 0. The average molecular weight is 248 g/mol. The van der Waals surface area contributed by atoms with Crippen molar-refractivity contribution in [2.45, 2.75) is 26.8 Å². The van der Waals surface area contributed by atoms with Gasteiger partial charge in [-0.15, -0.1) is 0 Å². The second-order valence-electron chi connectivity index (χ2n) is 4.42. The molecule has 1 fully saturated rings. The fraction of sp³-hybridized carbons (Fsp3) is 0.900. The van der Waals surface area contributed by atoms with Gasteiger partial charge in [-0.1, -0.05) is 20.8 Å². The van der Waals surface area contributed by atoms with Crippen molar-refractivity contribution >= 4 is 15.7 Å². The van der Waals surface area contributed by atoms with E-state index in [0.717, 1.165) is 0 Å². The number of rotatable bonds is 5. The molecule has 1 heterocycles. The summed E-state index contributed by atoms with van der Waals surface area (Å²) < 4.78 is 22.6. The normalized spacial score (nSPS) is 22.1. The monoisotopic (exact) mass is 248 g/mol. The molecule has 6 heteroatoms. The topological polar surface area (TPSA) is 66.5 Å². The SMILES string of the molecule is CCS(=O)(=O)CCN1CNC(C(C)C)C1=O. The van der Waals surface area contributed by atoms with Crippen LogP contribution >= 0.6 is 0 Å². The molecule has 0 aliphatic carbocycles. The van der Waals surface area contributed by atoms with Gasteiger partial charge < -0.3 is 4.90 Å². The van der Waals surface area contributed by atoms with Crippen molar-refractivity contribution < 1.29 is 13.2 Å². The van der Waals surface area contributed by atoms with Gasteiger partial charge in [0.1, 0.15) is 0 Å². The number of nitrogens with one attached hydrogen (secondary N) is 1. The van der Waals surface area contributed by atoms with Crippen LogP contribution in [0, 0.1) is 5.92 Å². The molecular weight excluding hydrogens is 228 g/mol. The third-order valence-corrected chi connectivity index (χ3v) is 4.54. The minimum Gasteiger partial charge on any atom is -0.328 e. The predicted molar refractivity (Wildman–Crippen MR) is 62.7 cm³/mol. The Hall–Kier alpha value is -0.620. The Balaban J connectivity index is 2.50. The van der Waals surface area contributed by atoms with E-state index in [1.807, 2.05) is 13.8 Å². The average Bonchev–Trinajstić information content (AvgIpc) is 2.57. The molecule has 1 aliphatic heterocycles. The molecule has 1 unspecified atom stereocenters. The fourth-order valence-corrected chi connectivity index (χ4v) is 2.46. The molecule has 1 aliphatic rings. The zero-order valence-corrected chi connectivity index (χ0v) is 10.9. The maximum Gasteiger partial charge on any atom is 0.241 e. The van der Waals surface area contributed by atoms with E-state index >= 15 is 0 Å². The molecule has 1 atom stereocenters. The van der Waals surface area contributed by atoms with Crippen LogP contribution in [0.5, 0.6) is 0 Å². The highest BCUT2D eigenvalue weighted by Gasteiger charge is 2.33. The summed E-state index contributed by atoms with van der Waals surface area (Å²) in [4.78, 5) is 13.4. The van der Waals surface area contributed by atoms with Gasteiger partial charge in [0, 0.05) is 12.3 Å². The van der Waals surface area contributed by atoms with Crippen LogP contribution in [-0.2, 0) is 14.6 Å². The Kier molecular flexibility index (Phi) is 4.32. The van der Waals surface area contributed by atoms with Gasteiger partial charge in [0.15, 0.2) is 9.84 Å². The summed E-state index contributed by atoms with van der Waals surface area (Å²) in [6.07, 6.45) is 0. The highest BCUT2D eigenvalue weighted by molar-refractivity contribution is 7.91. The number of hydrogen-bond acceptors (Lipinski definition) is 4. The zero-order valence-electron chi connectivity index (χ0n) is 10.1. The van der Waals surface area contributed by atoms with Crippen molar-refractivity contribution in [1.29, 1.82) is 0 Å². The molecule has 94 valence electrons. The molecule has 1 saturated heterocycles. The number of carbonyl (C=O) groups excluding carboxylic acids is 1. The highest BCUT2D eigenvalue weighted by atomic mass is 32.2. The highest BCUT2D eigenvalue weighted by Crippen LogP contribution is 2.11. The summed E-state index contributed by atoms with van der Waals surface area (Å²) in [6, 6.07) is -0.163. The van der Waals surface area contributed by atoms with Crippen molar-refractivity contribution in [3.8, 4) is 0 Å². The summed E-state index contributed by atoms with van der Waals surface area (Å²) in [6.45, 7) is 6.33. The van der Waals surface area contributed by atoms with E-state index in [2.05, 4.69) is 5.32 Å². The third kappa shape index (κ3) is 3.18. The van der Waals surface area contributed by atoms with Crippen LogP contribution in [0.15, 0.2) is 0 Å². The van der Waals surface area contributed by atoms with Crippen LogP contribution in [0.4, 0.5) is 0 Å². The maximum absolute atomic E-state index is 11.8. The predicted octanol–water partition coefficient (Wildman–Crippen LogP) is -0.165. The first kappa shape index (κ1) is 13.4. The van der Waals surface area contributed by atoms with Gasteiger partial charge in [0.25, 0.3) is 0 Å². The molecule has 5 nitrogen and oxygen atoms in total. The number of nitrogens with zero attached hydrogens (tertiary/aromatic N) is 1. The summed E-state index contributed by atoms with van der Waals surface area (Å²) in [7, 11) is -2.99. The van der Waals surface area contributed by atoms with Gasteiger partial charge in [-0.3, -0.25) is 10.1 Å². The Labute approximate surface area is 97.1 Å². The number of amides is 1. The largest absolute Gasteiger partial charge is 0.328 e. The van der Waals surface area contributed by atoms with E-state index in [4.69, 9.17) is 0 Å². The maximum atomic E-state index is 11.8. The van der Waals surface area contributed by atoms with Gasteiger partial charge in [0.2, 0.25) is 5.91 Å². The molecule has 0 aromatic heterocycles. The van der Waals surface area contributed by atoms with Crippen molar-refractivity contribution in [3.05, 3.63) is 0 Å². The second kappa shape index (κ2) is 5.14. The van der Waals surface area contributed by atoms with E-state index in [1.165, 1.54) is 0 Å². The summed E-state index contributed by atoms with van der Waals surface area (Å²) in [5, 5.41) is 3.09. The molecule has 1 N–H and O–H groups in total. The zero-order chi connectivity index (χ0) is 12.3. The van der Waals surface area contributed by atoms with E-state index in [-0.39, 0.29) is 29.4 Å². The Morgan fingerprint density at radius 3 is 2.56 bits per heavy atom. The van der Waals surface area contributed by atoms with Gasteiger partial charge >= 0.3 is 0 Å². The molecule has 16 heavy (non-hydrogen) atoms. The third-order valence-electron chi connectivity index (χ3n) is 2.86. The Morgan fingerprint density at radius 1 is 1.50 bits per heavy atom. The van der Waals surface area contributed by atoms with E-state index in [1.54, 1.807) is 11.8 Å². The minimum absolute atomic E-state index is 0.0151. The molecule has 1 amide bonds. The lowest BCUT2D eigenvalue weighted by molar-refractivity contribution is -0.129. The molecule has 0 aromatic rings. The quantitative estimate of drug-likeness (QED) is 0.734. The molecule has 0 radical (unpaired) electrons. The smallest absolute Gasteiger partial charge is 0.241 e. The van der Waals surface area contributed by atoms with Crippen LogP contribution in [0.1, 0.15) is 20.8 Å². The van der Waals surface area contributed by atoms with Crippen LogP contribution in [0.25, 0.3) is 0 Å². The van der Waals surface area contributed by atoms with E-state index in [9.17, 15) is 13.2 Å². The number of carbonyl (C=O) groups is 1. The first-order chi connectivity index (χ1) is 7.37. The Morgan fingerprint density at radius 2 is 2.12 bits per heavy atom. The van der Waals surface area contributed by atoms with Crippen molar-refractivity contribution in [2.24, 2.45) is 5.92 Å². The lowest BCUT2D eigenvalue weighted by Crippen LogP contribution is -2.36. The molecular formula is C10H20N2O3S. The minimum atomic E-state index is -2.99. The summed E-state index contributed by atoms with van der Waals surface area (Å²) in [5.74, 6) is 0.444. The molecule has 0 bridgehead atoms. The van der Waals surface area contributed by atoms with Crippen molar-refractivity contribution in [2.75, 3.05) is 24.7 Å². The Bertz CT molecular complexity index is 351. The van der Waals surface area contributed by atoms with Gasteiger partial charge in [0.05, 0.1) is 18.5 Å². The molecule has 1 rings (SSSR count). The van der Waals surface area contributed by atoms with E-state index < -0.39 is 9.84 Å². The van der Waals surface area contributed by atoms with Crippen LogP contribution in [0.2, 0.25) is 0 Å². The van der Waals surface area contributed by atoms with E-state index in [0.29, 0.717) is 13.2 Å². The number of sulfone groups is 1. The lowest BCUT2D eigenvalue weighted by Gasteiger charge is -2.16.